The zero-order valence-corrected chi connectivity index (χ0v) is 18.3. The summed E-state index contributed by atoms with van der Waals surface area (Å²) < 4.78 is 55.8. The van der Waals surface area contributed by atoms with Gasteiger partial charge in [0.2, 0.25) is 10.0 Å². The molecule has 2 aromatic rings. The van der Waals surface area contributed by atoms with Gasteiger partial charge in [0.25, 0.3) is 5.91 Å². The van der Waals surface area contributed by atoms with Crippen LogP contribution in [0.15, 0.2) is 53.4 Å². The third kappa shape index (κ3) is 5.18. The Morgan fingerprint density at radius 2 is 1.80 bits per heavy atom. The van der Waals surface area contributed by atoms with E-state index >= 15 is 0 Å². The zero-order valence-electron chi connectivity index (χ0n) is 16.7. The van der Waals surface area contributed by atoms with Crippen LogP contribution in [-0.2, 0) is 19.9 Å². The fourth-order valence-electron chi connectivity index (χ4n) is 3.34. The van der Waals surface area contributed by atoms with Gasteiger partial charge < -0.3 is 10.1 Å². The Morgan fingerprint density at radius 1 is 1.13 bits per heavy atom. The molecule has 3 rings (SSSR count). The molecular formula is C20H24N2O6S2. The summed E-state index contributed by atoms with van der Waals surface area (Å²) in [6.45, 7) is 1.83. The van der Waals surface area contributed by atoms with Crippen LogP contribution in [0.4, 0.5) is 0 Å². The SMILES string of the molecule is COc1ccccc1[C@H](C)NC(=O)c1ccc(S(=O)(=O)N[C@@H]2CCS(=O)(=O)C2)cc1. The summed E-state index contributed by atoms with van der Waals surface area (Å²) in [5.41, 5.74) is 1.13. The normalized spacial score (nSPS) is 19.2. The first-order valence-electron chi connectivity index (χ1n) is 9.38. The van der Waals surface area contributed by atoms with E-state index in [-0.39, 0.29) is 34.8 Å². The molecular weight excluding hydrogens is 428 g/mol. The molecule has 1 amide bonds. The second-order valence-electron chi connectivity index (χ2n) is 7.18. The van der Waals surface area contributed by atoms with Crippen molar-refractivity contribution in [2.45, 2.75) is 30.3 Å². The Hall–Kier alpha value is -2.43. The quantitative estimate of drug-likeness (QED) is 0.659. The Kier molecular flexibility index (Phi) is 6.49. The third-order valence-corrected chi connectivity index (χ3v) is 8.24. The van der Waals surface area contributed by atoms with Gasteiger partial charge in [-0.2, -0.15) is 0 Å². The molecule has 0 aromatic heterocycles. The first-order valence-corrected chi connectivity index (χ1v) is 12.7. The van der Waals surface area contributed by atoms with E-state index in [2.05, 4.69) is 10.0 Å². The predicted octanol–water partition coefficient (Wildman–Crippen LogP) is 1.65. The number of carbonyl (C=O) groups is 1. The molecule has 1 aliphatic rings. The second-order valence-corrected chi connectivity index (χ2v) is 11.1. The highest BCUT2D eigenvalue weighted by molar-refractivity contribution is 7.92. The molecule has 2 N–H and O–H groups in total. The lowest BCUT2D eigenvalue weighted by molar-refractivity contribution is 0.0939. The lowest BCUT2D eigenvalue weighted by atomic mass is 10.1. The van der Waals surface area contributed by atoms with Crippen molar-refractivity contribution < 1.29 is 26.4 Å². The van der Waals surface area contributed by atoms with Crippen molar-refractivity contribution in [3.63, 3.8) is 0 Å². The van der Waals surface area contributed by atoms with E-state index in [1.165, 1.54) is 24.3 Å². The van der Waals surface area contributed by atoms with Gasteiger partial charge in [-0.1, -0.05) is 18.2 Å². The van der Waals surface area contributed by atoms with Gasteiger partial charge in [0.05, 0.1) is 29.6 Å². The molecule has 0 radical (unpaired) electrons. The van der Waals surface area contributed by atoms with Crippen LogP contribution in [0, 0.1) is 0 Å². The van der Waals surface area contributed by atoms with Gasteiger partial charge in [-0.25, -0.2) is 21.6 Å². The van der Waals surface area contributed by atoms with Crippen LogP contribution >= 0.6 is 0 Å². The van der Waals surface area contributed by atoms with Crippen molar-refractivity contribution in [2.75, 3.05) is 18.6 Å². The number of ether oxygens (including phenoxy) is 1. The van der Waals surface area contributed by atoms with E-state index in [0.717, 1.165) is 5.56 Å². The molecule has 30 heavy (non-hydrogen) atoms. The molecule has 162 valence electrons. The maximum Gasteiger partial charge on any atom is 0.251 e. The lowest BCUT2D eigenvalue weighted by Gasteiger charge is -2.17. The van der Waals surface area contributed by atoms with E-state index in [0.29, 0.717) is 11.3 Å². The van der Waals surface area contributed by atoms with E-state index < -0.39 is 25.9 Å². The lowest BCUT2D eigenvalue weighted by Crippen LogP contribution is -2.35. The first-order chi connectivity index (χ1) is 14.1. The van der Waals surface area contributed by atoms with Crippen LogP contribution in [0.2, 0.25) is 0 Å². The Labute approximate surface area is 176 Å². The molecule has 1 aliphatic heterocycles. The molecule has 0 bridgehead atoms. The molecule has 10 heteroatoms. The molecule has 8 nitrogen and oxygen atoms in total. The van der Waals surface area contributed by atoms with Crippen LogP contribution < -0.4 is 14.8 Å². The van der Waals surface area contributed by atoms with E-state index in [4.69, 9.17) is 4.74 Å². The fourth-order valence-corrected chi connectivity index (χ4v) is 6.39. The standard InChI is InChI=1S/C20H24N2O6S2/c1-14(18-5-3-4-6-19(18)28-2)21-20(23)15-7-9-17(10-8-15)30(26,27)22-16-11-12-29(24,25)13-16/h3-10,14,16,22H,11-13H2,1-2H3,(H,21,23)/t14-,16+/m0/s1. The van der Waals surface area contributed by atoms with Gasteiger partial charge in [0.15, 0.2) is 9.84 Å². The number of para-hydroxylation sites is 1. The number of hydrogen-bond acceptors (Lipinski definition) is 6. The number of amides is 1. The topological polar surface area (TPSA) is 119 Å². The van der Waals surface area contributed by atoms with Crippen LogP contribution in [0.1, 0.15) is 35.3 Å². The molecule has 0 saturated carbocycles. The molecule has 1 heterocycles. The van der Waals surface area contributed by atoms with Crippen molar-refractivity contribution in [2.24, 2.45) is 0 Å². The average Bonchev–Trinajstić information content (AvgIpc) is 3.05. The molecule has 1 fully saturated rings. The minimum absolute atomic E-state index is 0.0241. The summed E-state index contributed by atoms with van der Waals surface area (Å²) in [5.74, 6) is 0.0796. The van der Waals surface area contributed by atoms with E-state index in [9.17, 15) is 21.6 Å². The highest BCUT2D eigenvalue weighted by Gasteiger charge is 2.31. The van der Waals surface area contributed by atoms with Crippen molar-refractivity contribution >= 4 is 25.8 Å². The Balaban J connectivity index is 1.68. The number of methoxy groups -OCH3 is 1. The molecule has 1 saturated heterocycles. The number of sulfonamides is 1. The molecule has 2 aromatic carbocycles. The van der Waals surface area contributed by atoms with Gasteiger partial charge in [0.1, 0.15) is 5.75 Å². The van der Waals surface area contributed by atoms with Crippen molar-refractivity contribution in [3.8, 4) is 5.75 Å². The van der Waals surface area contributed by atoms with E-state index in [1.807, 2.05) is 25.1 Å². The smallest absolute Gasteiger partial charge is 0.251 e. The van der Waals surface area contributed by atoms with E-state index in [1.54, 1.807) is 13.2 Å². The average molecular weight is 453 g/mol. The fraction of sp³-hybridized carbons (Fsp3) is 0.350. The summed E-state index contributed by atoms with van der Waals surface area (Å²) >= 11 is 0. The van der Waals surface area contributed by atoms with Crippen molar-refractivity contribution in [1.29, 1.82) is 0 Å². The zero-order chi connectivity index (χ0) is 21.9. The van der Waals surface area contributed by atoms with Gasteiger partial charge in [-0.15, -0.1) is 0 Å². The van der Waals surface area contributed by atoms with Crippen LogP contribution in [0.25, 0.3) is 0 Å². The van der Waals surface area contributed by atoms with Crippen LogP contribution in [0.5, 0.6) is 5.75 Å². The molecule has 2 atom stereocenters. The number of rotatable bonds is 7. The highest BCUT2D eigenvalue weighted by Crippen LogP contribution is 2.24. The Bertz CT molecular complexity index is 1130. The number of sulfone groups is 1. The number of hydrogen-bond donors (Lipinski definition) is 2. The number of benzene rings is 2. The van der Waals surface area contributed by atoms with Crippen molar-refractivity contribution in [3.05, 3.63) is 59.7 Å². The Morgan fingerprint density at radius 3 is 2.40 bits per heavy atom. The highest BCUT2D eigenvalue weighted by atomic mass is 32.2. The van der Waals surface area contributed by atoms with Gasteiger partial charge in [0, 0.05) is 17.2 Å². The summed E-state index contributed by atoms with van der Waals surface area (Å²) in [6, 6.07) is 11.9. The summed E-state index contributed by atoms with van der Waals surface area (Å²) in [5, 5.41) is 2.86. The third-order valence-electron chi connectivity index (χ3n) is 4.93. The van der Waals surface area contributed by atoms with Gasteiger partial charge in [-0.05, 0) is 43.7 Å². The van der Waals surface area contributed by atoms with Gasteiger partial charge in [-0.3, -0.25) is 4.79 Å². The minimum atomic E-state index is -3.87. The predicted molar refractivity (Wildman–Crippen MR) is 113 cm³/mol. The first kappa shape index (κ1) is 22.3. The molecule has 0 aliphatic carbocycles. The van der Waals surface area contributed by atoms with Crippen molar-refractivity contribution in [1.82, 2.24) is 10.0 Å². The maximum absolute atomic E-state index is 12.6. The second kappa shape index (κ2) is 8.75. The summed E-state index contributed by atoms with van der Waals surface area (Å²) in [6.07, 6.45) is 0.253. The van der Waals surface area contributed by atoms with Gasteiger partial charge >= 0.3 is 0 Å². The summed E-state index contributed by atoms with van der Waals surface area (Å²) in [7, 11) is -5.51. The largest absolute Gasteiger partial charge is 0.496 e. The van der Waals surface area contributed by atoms with Crippen LogP contribution in [-0.4, -0.2) is 47.4 Å². The van der Waals surface area contributed by atoms with Crippen LogP contribution in [0.3, 0.4) is 0 Å². The number of nitrogens with one attached hydrogen (secondary N) is 2. The summed E-state index contributed by atoms with van der Waals surface area (Å²) in [4.78, 5) is 12.5. The molecule has 0 unspecified atom stereocenters. The number of carbonyl (C=O) groups excluding carboxylic acids is 1. The minimum Gasteiger partial charge on any atom is -0.496 e. The molecule has 0 spiro atoms. The monoisotopic (exact) mass is 452 g/mol. The maximum atomic E-state index is 12.6.